The van der Waals surface area contributed by atoms with Crippen LogP contribution in [0.5, 0.6) is 5.75 Å². The van der Waals surface area contributed by atoms with E-state index in [0.717, 1.165) is 6.92 Å². The number of aliphatic carboxylic acids is 1. The van der Waals surface area contributed by atoms with Crippen LogP contribution in [0.1, 0.15) is 6.92 Å². The first-order chi connectivity index (χ1) is 9.23. The summed E-state index contributed by atoms with van der Waals surface area (Å²) in [5.41, 5.74) is 0. The molecule has 1 unspecified atom stereocenters. The molecule has 9 heteroatoms. The molecule has 1 amide bonds. The van der Waals surface area contributed by atoms with Gasteiger partial charge in [0.2, 0.25) is 17.5 Å². The van der Waals surface area contributed by atoms with Gasteiger partial charge in [-0.3, -0.25) is 4.79 Å². The Hall–Kier alpha value is -2.32. The number of hydrogen-bond acceptors (Lipinski definition) is 3. The van der Waals surface area contributed by atoms with Gasteiger partial charge in [-0.05, 0) is 0 Å². The minimum Gasteiger partial charge on any atom is -0.485 e. The largest absolute Gasteiger partial charge is 0.485 e. The van der Waals surface area contributed by atoms with Crippen molar-refractivity contribution in [2.45, 2.75) is 13.0 Å². The summed E-state index contributed by atoms with van der Waals surface area (Å²) in [5, 5.41) is 10.6. The summed E-state index contributed by atoms with van der Waals surface area (Å²) in [7, 11) is 0. The van der Waals surface area contributed by atoms with Crippen LogP contribution in [0, 0.1) is 23.3 Å². The molecular weight excluding hydrogens is 286 g/mol. The Balaban J connectivity index is 2.93. The van der Waals surface area contributed by atoms with Gasteiger partial charge in [0.1, 0.15) is 6.61 Å². The van der Waals surface area contributed by atoms with Crippen LogP contribution in [0.2, 0.25) is 0 Å². The van der Waals surface area contributed by atoms with Gasteiger partial charge in [0, 0.05) is 13.0 Å². The van der Waals surface area contributed by atoms with Crippen LogP contribution < -0.4 is 10.1 Å². The van der Waals surface area contributed by atoms with Crippen molar-refractivity contribution in [1.29, 1.82) is 0 Å². The average molecular weight is 295 g/mol. The van der Waals surface area contributed by atoms with Crippen LogP contribution >= 0.6 is 0 Å². The maximum absolute atomic E-state index is 13.2. The fourth-order valence-corrected chi connectivity index (χ4v) is 1.26. The molecule has 1 rings (SSSR count). The third kappa shape index (κ3) is 3.59. The highest BCUT2D eigenvalue weighted by atomic mass is 19.2. The van der Waals surface area contributed by atoms with Crippen LogP contribution in [0.15, 0.2) is 6.07 Å². The molecular formula is C11H9F4NO4. The lowest BCUT2D eigenvalue weighted by Crippen LogP contribution is -2.44. The molecule has 0 radical (unpaired) electrons. The van der Waals surface area contributed by atoms with E-state index in [9.17, 15) is 27.2 Å². The van der Waals surface area contributed by atoms with Gasteiger partial charge in [-0.1, -0.05) is 0 Å². The second-order valence-corrected chi connectivity index (χ2v) is 3.70. The molecule has 0 bridgehead atoms. The first-order valence-electron chi connectivity index (χ1n) is 5.19. The molecule has 0 aliphatic heterocycles. The monoisotopic (exact) mass is 295 g/mol. The van der Waals surface area contributed by atoms with E-state index in [-0.39, 0.29) is 6.07 Å². The van der Waals surface area contributed by atoms with Gasteiger partial charge in [0.25, 0.3) is 0 Å². The number of carbonyl (C=O) groups is 2. The summed E-state index contributed by atoms with van der Waals surface area (Å²) in [6.07, 6.45) is 0. The van der Waals surface area contributed by atoms with Crippen molar-refractivity contribution < 1.29 is 37.0 Å². The highest BCUT2D eigenvalue weighted by Gasteiger charge is 2.24. The third-order valence-electron chi connectivity index (χ3n) is 2.14. The van der Waals surface area contributed by atoms with Gasteiger partial charge >= 0.3 is 5.97 Å². The van der Waals surface area contributed by atoms with Gasteiger partial charge < -0.3 is 15.2 Å². The van der Waals surface area contributed by atoms with Crippen LogP contribution in [0.3, 0.4) is 0 Å². The van der Waals surface area contributed by atoms with Crippen molar-refractivity contribution in [2.75, 3.05) is 6.61 Å². The zero-order valence-corrected chi connectivity index (χ0v) is 10.0. The number of amides is 1. The predicted octanol–water partition coefficient (Wildman–Crippen LogP) is 1.21. The number of benzene rings is 1. The van der Waals surface area contributed by atoms with Gasteiger partial charge in [-0.15, -0.1) is 0 Å². The number of carbonyl (C=O) groups excluding carboxylic acids is 1. The molecule has 5 nitrogen and oxygen atoms in total. The summed E-state index contributed by atoms with van der Waals surface area (Å²) in [6.45, 7) is 0.102. The van der Waals surface area contributed by atoms with Crippen molar-refractivity contribution >= 4 is 11.9 Å². The van der Waals surface area contributed by atoms with E-state index in [1.165, 1.54) is 0 Å². The minimum atomic E-state index is -1.80. The summed E-state index contributed by atoms with van der Waals surface area (Å²) in [4.78, 5) is 21.4. The molecule has 1 aromatic rings. The number of ether oxygens (including phenoxy) is 1. The molecule has 1 aromatic carbocycles. The van der Waals surface area contributed by atoms with Crippen molar-refractivity contribution in [3.63, 3.8) is 0 Å². The van der Waals surface area contributed by atoms with Gasteiger partial charge in [0.15, 0.2) is 23.4 Å². The van der Waals surface area contributed by atoms with E-state index in [0.29, 0.717) is 0 Å². The topological polar surface area (TPSA) is 75.6 Å². The Morgan fingerprint density at radius 1 is 1.25 bits per heavy atom. The fraction of sp³-hybridized carbons (Fsp3) is 0.273. The Labute approximate surface area is 110 Å². The number of halogens is 4. The minimum absolute atomic E-state index is 0.0139. The van der Waals surface area contributed by atoms with E-state index in [4.69, 9.17) is 5.11 Å². The van der Waals surface area contributed by atoms with Crippen LogP contribution in [0.4, 0.5) is 17.6 Å². The van der Waals surface area contributed by atoms with Crippen LogP contribution in [0.25, 0.3) is 0 Å². The predicted molar refractivity (Wildman–Crippen MR) is 57.0 cm³/mol. The molecule has 0 fully saturated rings. The maximum atomic E-state index is 13.2. The molecule has 0 spiro atoms. The molecule has 1 atom stereocenters. The van der Waals surface area contributed by atoms with Gasteiger partial charge in [0.05, 0.1) is 0 Å². The number of carboxylic acid groups (broad SMARTS) is 1. The van der Waals surface area contributed by atoms with E-state index in [1.54, 1.807) is 0 Å². The second kappa shape index (κ2) is 6.22. The maximum Gasteiger partial charge on any atom is 0.329 e. The Kier molecular flexibility index (Phi) is 4.89. The zero-order valence-electron chi connectivity index (χ0n) is 10.0. The average Bonchev–Trinajstić information content (AvgIpc) is 2.34. The van der Waals surface area contributed by atoms with Gasteiger partial charge in [-0.25, -0.2) is 13.6 Å². The van der Waals surface area contributed by atoms with E-state index < -0.39 is 53.5 Å². The number of hydrogen-bond donors (Lipinski definition) is 2. The Morgan fingerprint density at radius 3 is 2.15 bits per heavy atom. The third-order valence-corrected chi connectivity index (χ3v) is 2.14. The van der Waals surface area contributed by atoms with Crippen molar-refractivity contribution in [3.05, 3.63) is 29.3 Å². The first-order valence-corrected chi connectivity index (χ1v) is 5.19. The molecule has 0 heterocycles. The molecule has 110 valence electrons. The van der Waals surface area contributed by atoms with Crippen LogP contribution in [-0.2, 0) is 9.59 Å². The molecule has 0 aromatic heterocycles. The molecule has 0 saturated carbocycles. The second-order valence-electron chi connectivity index (χ2n) is 3.70. The number of rotatable bonds is 5. The lowest BCUT2D eigenvalue weighted by atomic mass is 10.2. The highest BCUT2D eigenvalue weighted by molar-refractivity contribution is 5.82. The summed E-state index contributed by atoms with van der Waals surface area (Å²) < 4.78 is 56.6. The molecule has 2 N–H and O–H groups in total. The zero-order chi connectivity index (χ0) is 15.4. The lowest BCUT2D eigenvalue weighted by Gasteiger charge is -2.15. The number of nitrogens with one attached hydrogen (secondary N) is 1. The highest BCUT2D eigenvalue weighted by Crippen LogP contribution is 2.26. The fourth-order valence-electron chi connectivity index (χ4n) is 1.26. The Morgan fingerprint density at radius 2 is 1.75 bits per heavy atom. The van der Waals surface area contributed by atoms with E-state index in [1.807, 2.05) is 5.32 Å². The summed E-state index contributed by atoms with van der Waals surface area (Å²) in [5.74, 6) is -10.6. The van der Waals surface area contributed by atoms with Crippen molar-refractivity contribution in [2.24, 2.45) is 0 Å². The normalized spacial score (nSPS) is 11.8. The first kappa shape index (κ1) is 15.7. The van der Waals surface area contributed by atoms with E-state index >= 15 is 0 Å². The standard InChI is InChI=1S/C11H9F4NO4/c1-4(17)16-7(11(18)19)3-20-10-8(14)5(12)2-6(13)9(10)15/h2,7H,3H2,1H3,(H,16,17)(H,18,19). The molecule has 0 saturated heterocycles. The molecule has 0 aliphatic carbocycles. The SMILES string of the molecule is CC(=O)NC(COc1c(F)c(F)cc(F)c1F)C(=O)O. The Bertz CT molecular complexity index is 523. The van der Waals surface area contributed by atoms with E-state index in [2.05, 4.69) is 4.74 Å². The lowest BCUT2D eigenvalue weighted by molar-refractivity contribution is -0.142. The molecule has 0 aliphatic rings. The smallest absolute Gasteiger partial charge is 0.329 e. The van der Waals surface area contributed by atoms with Crippen molar-refractivity contribution in [3.8, 4) is 5.75 Å². The molecule has 20 heavy (non-hydrogen) atoms. The van der Waals surface area contributed by atoms with Crippen LogP contribution in [-0.4, -0.2) is 29.6 Å². The van der Waals surface area contributed by atoms with Gasteiger partial charge in [-0.2, -0.15) is 8.78 Å². The summed E-state index contributed by atoms with van der Waals surface area (Å²) >= 11 is 0. The summed E-state index contributed by atoms with van der Waals surface area (Å²) in [6, 6.07) is -1.64. The number of carboxylic acids is 1. The van der Waals surface area contributed by atoms with Crippen molar-refractivity contribution in [1.82, 2.24) is 5.32 Å². The quantitative estimate of drug-likeness (QED) is 0.632.